The molecule has 4 nitrogen and oxygen atoms in total. The van der Waals surface area contributed by atoms with Crippen molar-refractivity contribution in [3.8, 4) is 0 Å². The molecule has 92 valence electrons. The molecule has 0 heterocycles. The van der Waals surface area contributed by atoms with Crippen molar-refractivity contribution < 1.29 is 17.8 Å². The molecule has 2 bridgehead atoms. The highest BCUT2D eigenvalue weighted by Crippen LogP contribution is 2.65. The molecule has 2 unspecified atom stereocenters. The molecule has 0 aromatic rings. The van der Waals surface area contributed by atoms with Gasteiger partial charge in [-0.3, -0.25) is 4.79 Å². The fourth-order valence-corrected chi connectivity index (χ4v) is 6.07. The van der Waals surface area contributed by atoms with E-state index in [0.717, 1.165) is 6.42 Å². The van der Waals surface area contributed by atoms with Gasteiger partial charge in [-0.15, -0.1) is 0 Å². The van der Waals surface area contributed by atoms with Crippen LogP contribution in [0.15, 0.2) is 0 Å². The van der Waals surface area contributed by atoms with Gasteiger partial charge in [0.25, 0.3) is 0 Å². The molecule has 0 aromatic heterocycles. The highest BCUT2D eigenvalue weighted by atomic mass is 79.9. The smallest absolute Gasteiger partial charge is 0.153 e. The number of carbonyl (C=O) groups is 1. The van der Waals surface area contributed by atoms with E-state index in [1.54, 1.807) is 13.8 Å². The van der Waals surface area contributed by atoms with E-state index in [0.29, 0.717) is 6.42 Å². The number of fused-ring (bicyclic) bond motifs is 2. The second-order valence-electron chi connectivity index (χ2n) is 5.36. The Balaban J connectivity index is 2.47. The maximum Gasteiger partial charge on any atom is 0.153 e. The van der Waals surface area contributed by atoms with Crippen LogP contribution < -0.4 is 0 Å². The second kappa shape index (κ2) is 3.29. The topological polar surface area (TPSA) is 74.3 Å². The van der Waals surface area contributed by atoms with Gasteiger partial charge in [-0.1, -0.05) is 29.8 Å². The van der Waals surface area contributed by atoms with Crippen molar-refractivity contribution in [1.82, 2.24) is 0 Å². The predicted octanol–water partition coefficient (Wildman–Crippen LogP) is 1.30. The zero-order valence-corrected chi connectivity index (χ0v) is 11.6. The third-order valence-corrected chi connectivity index (χ3v) is 6.67. The van der Waals surface area contributed by atoms with E-state index in [1.807, 2.05) is 0 Å². The van der Waals surface area contributed by atoms with Crippen LogP contribution >= 0.6 is 15.9 Å². The van der Waals surface area contributed by atoms with E-state index in [-0.39, 0.29) is 16.5 Å². The molecule has 2 rings (SSSR count). The van der Waals surface area contributed by atoms with Gasteiger partial charge in [0.15, 0.2) is 5.78 Å². The van der Waals surface area contributed by atoms with Crippen LogP contribution in [-0.2, 0) is 14.9 Å². The highest BCUT2D eigenvalue weighted by Gasteiger charge is 2.68. The van der Waals surface area contributed by atoms with Crippen molar-refractivity contribution in [1.29, 1.82) is 0 Å². The van der Waals surface area contributed by atoms with E-state index >= 15 is 0 Å². The summed E-state index contributed by atoms with van der Waals surface area (Å²) >= 11 is 3.33. The van der Waals surface area contributed by atoms with Gasteiger partial charge in [0.05, 0.1) is 14.9 Å². The Kier molecular flexibility index (Phi) is 2.58. The molecule has 2 aliphatic carbocycles. The lowest BCUT2D eigenvalue weighted by atomic mass is 9.70. The fraction of sp³-hybridized carbons (Fsp3) is 0.900. The quantitative estimate of drug-likeness (QED) is 0.569. The molecule has 0 N–H and O–H groups in total. The first-order chi connectivity index (χ1) is 7.12. The van der Waals surface area contributed by atoms with Gasteiger partial charge in [-0.25, -0.2) is 8.42 Å². The zero-order chi connectivity index (χ0) is 12.4. The molecule has 4 atom stereocenters. The van der Waals surface area contributed by atoms with Crippen LogP contribution in [0.4, 0.5) is 0 Å². The third kappa shape index (κ3) is 1.42. The van der Waals surface area contributed by atoms with E-state index in [2.05, 4.69) is 15.9 Å². The molecule has 6 heteroatoms. The molecule has 0 saturated heterocycles. The Hall–Kier alpha value is 0.0600. The maximum absolute atomic E-state index is 12.0. The number of Topliss-reactive ketones (excluding diaryl/α,β-unsaturated/α-hetero) is 1. The first-order valence-corrected chi connectivity index (χ1v) is 7.73. The zero-order valence-electron chi connectivity index (χ0n) is 9.20. The van der Waals surface area contributed by atoms with Gasteiger partial charge in [0, 0.05) is 11.2 Å². The summed E-state index contributed by atoms with van der Waals surface area (Å²) in [6, 6.07) is 0. The predicted molar refractivity (Wildman–Crippen MR) is 61.2 cm³/mol. The van der Waals surface area contributed by atoms with Crippen LogP contribution in [-0.4, -0.2) is 29.3 Å². The molecule has 0 amide bonds. The molecular formula is C10H14BrO4S-. The summed E-state index contributed by atoms with van der Waals surface area (Å²) in [5.74, 6) is -0.418. The van der Waals surface area contributed by atoms with Crippen LogP contribution in [0.5, 0.6) is 0 Å². The molecule has 16 heavy (non-hydrogen) atoms. The number of ketones is 1. The summed E-state index contributed by atoms with van der Waals surface area (Å²) in [5, 5.41) is 0. The molecular weight excluding hydrogens is 296 g/mol. The first kappa shape index (κ1) is 12.5. The van der Waals surface area contributed by atoms with Crippen LogP contribution in [0.2, 0.25) is 0 Å². The molecule has 0 spiro atoms. The average molecular weight is 310 g/mol. The van der Waals surface area contributed by atoms with Gasteiger partial charge in [0.1, 0.15) is 0 Å². The minimum Gasteiger partial charge on any atom is -0.748 e. The number of carbonyl (C=O) groups excluding carboxylic acids is 1. The van der Waals surface area contributed by atoms with Gasteiger partial charge in [0.2, 0.25) is 0 Å². The maximum atomic E-state index is 12.0. The standard InChI is InChI=1S/C10H15BrO4S/c1-9-4-3-6(7(11)8(9)12)10(9,2)5-16(13,14)15/h6-7H,3-5H2,1-2H3,(H,13,14,15)/p-1/t6?,7-,9-,10?/m0/s1. The first-order valence-electron chi connectivity index (χ1n) is 5.24. The Labute approximate surface area is 104 Å². The molecule has 0 radical (unpaired) electrons. The van der Waals surface area contributed by atoms with Gasteiger partial charge < -0.3 is 4.55 Å². The number of rotatable bonds is 2. The largest absolute Gasteiger partial charge is 0.748 e. The average Bonchev–Trinajstić information content (AvgIpc) is 2.40. The molecule has 0 aliphatic heterocycles. The van der Waals surface area contributed by atoms with Crippen molar-refractivity contribution in [2.24, 2.45) is 16.7 Å². The molecule has 2 aliphatic rings. The highest BCUT2D eigenvalue weighted by molar-refractivity contribution is 9.10. The Morgan fingerprint density at radius 2 is 2.06 bits per heavy atom. The van der Waals surface area contributed by atoms with Crippen LogP contribution in [0.1, 0.15) is 26.7 Å². The van der Waals surface area contributed by atoms with Crippen LogP contribution in [0.3, 0.4) is 0 Å². The Bertz CT molecular complexity index is 446. The minimum absolute atomic E-state index is 0.0336. The van der Waals surface area contributed by atoms with E-state index < -0.39 is 26.7 Å². The lowest BCUT2D eigenvalue weighted by molar-refractivity contribution is -0.127. The Morgan fingerprint density at radius 3 is 2.44 bits per heavy atom. The summed E-state index contributed by atoms with van der Waals surface area (Å²) in [4.78, 5) is 11.8. The van der Waals surface area contributed by atoms with Crippen LogP contribution in [0.25, 0.3) is 0 Å². The van der Waals surface area contributed by atoms with Crippen molar-refractivity contribution in [3.05, 3.63) is 0 Å². The molecule has 2 saturated carbocycles. The van der Waals surface area contributed by atoms with Crippen molar-refractivity contribution in [2.45, 2.75) is 31.5 Å². The fourth-order valence-electron chi connectivity index (χ4n) is 3.45. The van der Waals surface area contributed by atoms with Crippen LogP contribution in [0, 0.1) is 16.7 Å². The monoisotopic (exact) mass is 309 g/mol. The van der Waals surface area contributed by atoms with E-state index in [4.69, 9.17) is 0 Å². The SMILES string of the molecule is CC1(CS(=O)(=O)[O-])C2CC[C@@]1(C)C(=O)[C@H]2Br. The summed E-state index contributed by atoms with van der Waals surface area (Å²) in [7, 11) is -4.30. The second-order valence-corrected chi connectivity index (χ2v) is 7.75. The van der Waals surface area contributed by atoms with Gasteiger partial charge in [-0.05, 0) is 24.2 Å². The summed E-state index contributed by atoms with van der Waals surface area (Å²) in [6.07, 6.45) is 1.49. The van der Waals surface area contributed by atoms with Gasteiger partial charge in [-0.2, -0.15) is 0 Å². The molecule has 0 aromatic carbocycles. The minimum atomic E-state index is -4.30. The van der Waals surface area contributed by atoms with Crippen molar-refractivity contribution in [3.63, 3.8) is 0 Å². The normalized spacial score (nSPS) is 47.6. The van der Waals surface area contributed by atoms with Crippen molar-refractivity contribution >= 4 is 31.8 Å². The third-order valence-electron chi connectivity index (χ3n) is 4.66. The Morgan fingerprint density at radius 1 is 1.50 bits per heavy atom. The number of hydrogen-bond donors (Lipinski definition) is 0. The number of hydrogen-bond acceptors (Lipinski definition) is 4. The van der Waals surface area contributed by atoms with Gasteiger partial charge >= 0.3 is 0 Å². The lowest BCUT2D eigenvalue weighted by Crippen LogP contribution is -2.40. The number of alkyl halides is 1. The van der Waals surface area contributed by atoms with E-state index in [9.17, 15) is 17.8 Å². The summed E-state index contributed by atoms with van der Waals surface area (Å²) in [6.45, 7) is 3.56. The summed E-state index contributed by atoms with van der Waals surface area (Å²) < 4.78 is 33.0. The number of halogens is 1. The van der Waals surface area contributed by atoms with E-state index in [1.165, 1.54) is 0 Å². The van der Waals surface area contributed by atoms with Crippen molar-refractivity contribution in [2.75, 3.05) is 5.75 Å². The molecule has 2 fully saturated rings. The summed E-state index contributed by atoms with van der Waals surface area (Å²) in [5.41, 5.74) is -1.37. The lowest BCUT2D eigenvalue weighted by Gasteiger charge is -2.37.